The number of halogens is 3. The van der Waals surface area contributed by atoms with Gasteiger partial charge in [0.25, 0.3) is 11.5 Å². The molecule has 1 atom stereocenters. The molecule has 2 amide bonds. The Bertz CT molecular complexity index is 957. The predicted molar refractivity (Wildman–Crippen MR) is 118 cm³/mol. The quantitative estimate of drug-likeness (QED) is 0.577. The van der Waals surface area contributed by atoms with Crippen molar-refractivity contribution in [3.05, 3.63) is 71.3 Å². The van der Waals surface area contributed by atoms with Gasteiger partial charge in [0.05, 0.1) is 0 Å². The van der Waals surface area contributed by atoms with E-state index in [1.54, 1.807) is 12.1 Å². The summed E-state index contributed by atoms with van der Waals surface area (Å²) in [6.45, 7) is 0.360. The first-order chi connectivity index (χ1) is 15.6. The minimum absolute atomic E-state index is 0.180. The van der Waals surface area contributed by atoms with E-state index in [1.807, 2.05) is 12.1 Å². The van der Waals surface area contributed by atoms with Crippen LogP contribution < -0.4 is 5.73 Å². The molecule has 0 saturated carbocycles. The van der Waals surface area contributed by atoms with E-state index in [0.717, 1.165) is 48.3 Å². The molecule has 1 saturated heterocycles. The first kappa shape index (κ1) is 24.8. The molecule has 2 aromatic rings. The lowest BCUT2D eigenvalue weighted by Gasteiger charge is -2.38. The zero-order valence-electron chi connectivity index (χ0n) is 18.4. The number of alkyl halides is 3. The van der Waals surface area contributed by atoms with Crippen LogP contribution in [-0.2, 0) is 16.8 Å². The average molecular weight is 463 g/mol. The third-order valence-corrected chi connectivity index (χ3v) is 6.40. The summed E-state index contributed by atoms with van der Waals surface area (Å²) in [7, 11) is 0. The van der Waals surface area contributed by atoms with Crippen LogP contribution in [0.15, 0.2) is 54.6 Å². The molecule has 8 heteroatoms. The van der Waals surface area contributed by atoms with Crippen LogP contribution in [0, 0.1) is 5.92 Å². The van der Waals surface area contributed by atoms with Crippen LogP contribution in [0.3, 0.4) is 0 Å². The molecule has 1 unspecified atom stereocenters. The van der Waals surface area contributed by atoms with Crippen LogP contribution in [-0.4, -0.2) is 41.1 Å². The number of aryl methyl sites for hydroxylation is 1. The first-order valence-electron chi connectivity index (χ1n) is 11.2. The lowest BCUT2D eigenvalue weighted by atomic mass is 9.87. The lowest BCUT2D eigenvalue weighted by Crippen LogP contribution is -2.57. The number of piperidine rings is 1. The van der Waals surface area contributed by atoms with Gasteiger partial charge in [0.2, 0.25) is 5.91 Å². The molecular formula is C25H29F3N2O3. The maximum atomic E-state index is 13.8. The summed E-state index contributed by atoms with van der Waals surface area (Å²) in [5.74, 6) is -1.46. The smallest absolute Gasteiger partial charge is 0.369 e. The first-order valence-corrected chi connectivity index (χ1v) is 11.2. The van der Waals surface area contributed by atoms with E-state index in [9.17, 15) is 27.9 Å². The zero-order chi connectivity index (χ0) is 24.1. The molecule has 0 bridgehead atoms. The lowest BCUT2D eigenvalue weighted by molar-refractivity contribution is -0.262. The molecule has 3 N–H and O–H groups in total. The Morgan fingerprint density at radius 2 is 1.58 bits per heavy atom. The maximum Gasteiger partial charge on any atom is 0.430 e. The number of primary amides is 1. The Labute approximate surface area is 191 Å². The Morgan fingerprint density at radius 1 is 0.970 bits per heavy atom. The van der Waals surface area contributed by atoms with Crippen molar-refractivity contribution in [3.63, 3.8) is 0 Å². The third kappa shape index (κ3) is 5.55. The summed E-state index contributed by atoms with van der Waals surface area (Å²) < 4.78 is 41.3. The molecule has 0 radical (unpaired) electrons. The van der Waals surface area contributed by atoms with E-state index in [1.165, 1.54) is 18.2 Å². The molecule has 5 nitrogen and oxygen atoms in total. The highest BCUT2D eigenvalue weighted by Crippen LogP contribution is 2.41. The number of likely N-dealkylation sites (tertiary alicyclic amines) is 1. The van der Waals surface area contributed by atoms with Crippen molar-refractivity contribution in [1.29, 1.82) is 0 Å². The van der Waals surface area contributed by atoms with Gasteiger partial charge in [0.1, 0.15) is 0 Å². The van der Waals surface area contributed by atoms with Crippen LogP contribution in [0.25, 0.3) is 0 Å². The van der Waals surface area contributed by atoms with Gasteiger partial charge in [-0.25, -0.2) is 0 Å². The summed E-state index contributed by atoms with van der Waals surface area (Å²) in [6.07, 6.45) is -0.551. The number of aliphatic hydroxyl groups is 1. The topological polar surface area (TPSA) is 83.6 Å². The largest absolute Gasteiger partial charge is 0.430 e. The average Bonchev–Trinajstić information content (AvgIpc) is 2.81. The number of amides is 2. The predicted octanol–water partition coefficient (Wildman–Crippen LogP) is 4.19. The molecule has 0 aromatic heterocycles. The van der Waals surface area contributed by atoms with Crippen LogP contribution in [0.5, 0.6) is 0 Å². The van der Waals surface area contributed by atoms with Crippen molar-refractivity contribution in [3.8, 4) is 0 Å². The molecule has 0 aliphatic carbocycles. The number of unbranched alkanes of at least 4 members (excludes halogenated alkanes) is 1. The highest BCUT2D eigenvalue weighted by atomic mass is 19.4. The number of rotatable bonds is 8. The third-order valence-electron chi connectivity index (χ3n) is 6.40. The van der Waals surface area contributed by atoms with Crippen molar-refractivity contribution in [2.24, 2.45) is 11.7 Å². The van der Waals surface area contributed by atoms with Gasteiger partial charge in [-0.15, -0.1) is 0 Å². The van der Waals surface area contributed by atoms with Gasteiger partial charge in [-0.05, 0) is 43.2 Å². The number of hydrogen-bond donors (Lipinski definition) is 2. The van der Waals surface area contributed by atoms with Crippen molar-refractivity contribution >= 4 is 11.8 Å². The number of hydrogen-bond acceptors (Lipinski definition) is 3. The van der Waals surface area contributed by atoms with E-state index >= 15 is 0 Å². The summed E-state index contributed by atoms with van der Waals surface area (Å²) in [5.41, 5.74) is 2.83. The van der Waals surface area contributed by atoms with Gasteiger partial charge in [-0.3, -0.25) is 9.59 Å². The van der Waals surface area contributed by atoms with E-state index < -0.39 is 29.2 Å². The number of carbonyl (C=O) groups is 2. The summed E-state index contributed by atoms with van der Waals surface area (Å²) in [6, 6.07) is 13.7. The van der Waals surface area contributed by atoms with Gasteiger partial charge in [-0.1, -0.05) is 61.4 Å². The van der Waals surface area contributed by atoms with Crippen molar-refractivity contribution in [2.45, 2.75) is 50.3 Å². The molecule has 3 rings (SSSR count). The second-order valence-electron chi connectivity index (χ2n) is 8.58. The van der Waals surface area contributed by atoms with E-state index in [4.69, 9.17) is 5.73 Å². The molecule has 1 aliphatic heterocycles. The number of carbonyl (C=O) groups excluding carboxylic acids is 2. The standard InChI is InChI=1S/C25H29F3N2O3/c26-25(27,28)24(33,20-11-2-1-3-12-20)23(32)30-16-14-18(15-17-30)8-4-5-9-19-10-6-7-13-21(19)22(29)31/h1-3,6-7,10-13,18,33H,4-5,8-9,14-17H2,(H2,29,31). The molecule has 1 heterocycles. The molecular weight excluding hydrogens is 433 g/mol. The molecule has 1 fully saturated rings. The highest BCUT2D eigenvalue weighted by molar-refractivity contribution is 5.94. The highest BCUT2D eigenvalue weighted by Gasteiger charge is 2.62. The molecule has 33 heavy (non-hydrogen) atoms. The Hall–Kier alpha value is -2.87. The van der Waals surface area contributed by atoms with Gasteiger partial charge >= 0.3 is 6.18 Å². The Morgan fingerprint density at radius 3 is 2.18 bits per heavy atom. The van der Waals surface area contributed by atoms with Gasteiger partial charge in [0, 0.05) is 24.2 Å². The SMILES string of the molecule is NC(=O)c1ccccc1CCCCC1CCN(C(=O)C(O)(c2ccccc2)C(F)(F)F)CC1. The molecule has 1 aliphatic rings. The van der Waals surface area contributed by atoms with Crippen LogP contribution >= 0.6 is 0 Å². The normalized spacial score (nSPS) is 16.9. The zero-order valence-corrected chi connectivity index (χ0v) is 18.4. The van der Waals surface area contributed by atoms with Crippen molar-refractivity contribution in [1.82, 2.24) is 4.90 Å². The second-order valence-corrected chi connectivity index (χ2v) is 8.58. The minimum atomic E-state index is -5.12. The molecule has 0 spiro atoms. The number of nitrogens with two attached hydrogens (primary N) is 1. The van der Waals surface area contributed by atoms with E-state index in [-0.39, 0.29) is 13.1 Å². The van der Waals surface area contributed by atoms with Gasteiger partial charge < -0.3 is 15.7 Å². The fourth-order valence-corrected chi connectivity index (χ4v) is 4.47. The Balaban J connectivity index is 1.52. The fraction of sp³-hybridized carbons (Fsp3) is 0.440. The number of benzene rings is 2. The summed E-state index contributed by atoms with van der Waals surface area (Å²) in [4.78, 5) is 25.4. The number of nitrogens with zero attached hydrogens (tertiary/aromatic N) is 1. The van der Waals surface area contributed by atoms with Crippen molar-refractivity contribution in [2.75, 3.05) is 13.1 Å². The minimum Gasteiger partial charge on any atom is -0.369 e. The van der Waals surface area contributed by atoms with Crippen LogP contribution in [0.1, 0.15) is 53.6 Å². The van der Waals surface area contributed by atoms with Crippen molar-refractivity contribution < 1.29 is 27.9 Å². The maximum absolute atomic E-state index is 13.8. The monoisotopic (exact) mass is 462 g/mol. The van der Waals surface area contributed by atoms with Gasteiger partial charge in [-0.2, -0.15) is 13.2 Å². The Kier molecular flexibility index (Phi) is 7.79. The van der Waals surface area contributed by atoms with E-state index in [0.29, 0.717) is 24.3 Å². The van der Waals surface area contributed by atoms with E-state index in [2.05, 4.69) is 0 Å². The summed E-state index contributed by atoms with van der Waals surface area (Å²) in [5, 5.41) is 10.5. The molecule has 2 aromatic carbocycles. The van der Waals surface area contributed by atoms with Gasteiger partial charge in [0.15, 0.2) is 0 Å². The summed E-state index contributed by atoms with van der Waals surface area (Å²) >= 11 is 0. The van der Waals surface area contributed by atoms with Crippen LogP contribution in [0.2, 0.25) is 0 Å². The molecule has 178 valence electrons. The van der Waals surface area contributed by atoms with Crippen LogP contribution in [0.4, 0.5) is 13.2 Å². The fourth-order valence-electron chi connectivity index (χ4n) is 4.47. The second kappa shape index (κ2) is 10.4.